The Labute approximate surface area is 166 Å². The normalized spacial score (nSPS) is 11.8. The molecule has 27 heavy (non-hydrogen) atoms. The van der Waals surface area contributed by atoms with Crippen LogP contribution in [0.2, 0.25) is 5.02 Å². The van der Waals surface area contributed by atoms with Crippen LogP contribution in [0.1, 0.15) is 18.4 Å². The lowest BCUT2D eigenvalue weighted by Crippen LogP contribution is -2.22. The Morgan fingerprint density at radius 1 is 1.26 bits per heavy atom. The molecule has 0 aliphatic rings. The number of rotatable bonds is 7. The molecule has 0 spiro atoms. The smallest absolute Gasteiger partial charge is 0.277 e. The second-order valence-corrected chi connectivity index (χ2v) is 7.56. The third-order valence-corrected chi connectivity index (χ3v) is 4.71. The van der Waals surface area contributed by atoms with Crippen molar-refractivity contribution in [2.75, 3.05) is 5.32 Å². The van der Waals surface area contributed by atoms with Crippen molar-refractivity contribution in [2.24, 2.45) is 0 Å². The second kappa shape index (κ2) is 8.92. The molecule has 0 saturated carbocycles. The summed E-state index contributed by atoms with van der Waals surface area (Å²) in [4.78, 5) is 12.3. The highest BCUT2D eigenvalue weighted by Gasteiger charge is 2.18. The summed E-state index contributed by atoms with van der Waals surface area (Å²) in [5, 5.41) is 11.2. The van der Waals surface area contributed by atoms with Gasteiger partial charge in [-0.05, 0) is 49.7 Å². The quantitative estimate of drug-likeness (QED) is 0.574. The zero-order valence-electron chi connectivity index (χ0n) is 14.8. The predicted molar refractivity (Wildman–Crippen MR) is 105 cm³/mol. The molecule has 6 nitrogen and oxygen atoms in total. The van der Waals surface area contributed by atoms with E-state index in [1.807, 2.05) is 31.2 Å². The monoisotopic (exact) mass is 403 g/mol. The molecule has 0 fully saturated rings. The molecular weight excluding hydrogens is 386 g/mol. The van der Waals surface area contributed by atoms with Crippen molar-refractivity contribution in [1.29, 1.82) is 0 Å². The molecule has 1 atom stereocenters. The number of aromatic nitrogens is 2. The predicted octanol–water partition coefficient (Wildman–Crippen LogP) is 4.73. The molecule has 0 radical (unpaired) electrons. The summed E-state index contributed by atoms with van der Waals surface area (Å²) in [7, 11) is 0. The van der Waals surface area contributed by atoms with Crippen LogP contribution in [0.5, 0.6) is 5.75 Å². The number of aryl methyl sites for hydroxylation is 1. The van der Waals surface area contributed by atoms with Crippen molar-refractivity contribution >= 4 is 35.0 Å². The van der Waals surface area contributed by atoms with Gasteiger partial charge in [0, 0.05) is 10.7 Å². The Balaban J connectivity index is 1.52. The van der Waals surface area contributed by atoms with Gasteiger partial charge >= 0.3 is 0 Å². The van der Waals surface area contributed by atoms with Crippen molar-refractivity contribution in [3.63, 3.8) is 0 Å². The summed E-state index contributed by atoms with van der Waals surface area (Å²) in [5.41, 5.74) is 1.74. The fourth-order valence-electron chi connectivity index (χ4n) is 2.21. The number of benzene rings is 2. The van der Waals surface area contributed by atoms with E-state index >= 15 is 0 Å². The molecular formula is C19H18ClN3O3S. The molecule has 0 saturated heterocycles. The number of nitrogens with one attached hydrogen (secondary N) is 1. The van der Waals surface area contributed by atoms with E-state index < -0.39 is 5.25 Å². The average molecular weight is 404 g/mol. The summed E-state index contributed by atoms with van der Waals surface area (Å²) in [6, 6.07) is 14.7. The van der Waals surface area contributed by atoms with E-state index in [2.05, 4.69) is 15.5 Å². The third kappa shape index (κ3) is 5.74. The van der Waals surface area contributed by atoms with E-state index in [4.69, 9.17) is 20.8 Å². The van der Waals surface area contributed by atoms with Gasteiger partial charge in [-0.15, -0.1) is 10.2 Å². The highest BCUT2D eigenvalue weighted by Crippen LogP contribution is 2.24. The van der Waals surface area contributed by atoms with E-state index in [9.17, 15) is 4.79 Å². The molecule has 1 amide bonds. The number of halogens is 1. The van der Waals surface area contributed by atoms with Crippen molar-refractivity contribution in [3.8, 4) is 5.75 Å². The Bertz CT molecular complexity index is 932. The van der Waals surface area contributed by atoms with E-state index in [0.717, 1.165) is 11.3 Å². The van der Waals surface area contributed by atoms with Crippen LogP contribution in [0.25, 0.3) is 0 Å². The largest absolute Gasteiger partial charge is 0.484 e. The summed E-state index contributed by atoms with van der Waals surface area (Å²) >= 11 is 7.10. The zero-order valence-corrected chi connectivity index (χ0v) is 16.4. The Morgan fingerprint density at radius 3 is 2.85 bits per heavy atom. The first-order chi connectivity index (χ1) is 13.0. The topological polar surface area (TPSA) is 77.2 Å². The maximum absolute atomic E-state index is 12.3. The van der Waals surface area contributed by atoms with Gasteiger partial charge in [0.2, 0.25) is 5.91 Å². The average Bonchev–Trinajstić information content (AvgIpc) is 3.07. The molecule has 2 aromatic carbocycles. The molecule has 140 valence electrons. The van der Waals surface area contributed by atoms with Gasteiger partial charge in [-0.2, -0.15) is 0 Å². The van der Waals surface area contributed by atoms with Crippen molar-refractivity contribution in [1.82, 2.24) is 10.2 Å². The summed E-state index contributed by atoms with van der Waals surface area (Å²) < 4.78 is 11.2. The van der Waals surface area contributed by atoms with Crippen LogP contribution < -0.4 is 10.1 Å². The number of hydrogen-bond donors (Lipinski definition) is 1. The first-order valence-electron chi connectivity index (χ1n) is 8.24. The highest BCUT2D eigenvalue weighted by atomic mass is 35.5. The third-order valence-electron chi connectivity index (χ3n) is 3.54. The van der Waals surface area contributed by atoms with Gasteiger partial charge in [0.05, 0.1) is 5.25 Å². The van der Waals surface area contributed by atoms with E-state index in [-0.39, 0.29) is 12.5 Å². The van der Waals surface area contributed by atoms with Crippen LogP contribution in [0.4, 0.5) is 5.69 Å². The van der Waals surface area contributed by atoms with Crippen LogP contribution in [-0.2, 0) is 11.4 Å². The second-order valence-electron chi connectivity index (χ2n) is 5.83. The Morgan fingerprint density at radius 2 is 2.07 bits per heavy atom. The molecule has 1 heterocycles. The first kappa shape index (κ1) is 19.3. The van der Waals surface area contributed by atoms with Crippen molar-refractivity contribution < 1.29 is 13.9 Å². The molecule has 3 aromatic rings. The number of amides is 1. The minimum atomic E-state index is -0.421. The SMILES string of the molecule is Cc1cccc(OCc2nnc(S[C@H](C)C(=O)Nc3cccc(Cl)c3)o2)c1. The summed E-state index contributed by atoms with van der Waals surface area (Å²) in [6.45, 7) is 3.92. The minimum absolute atomic E-state index is 0.167. The number of ether oxygens (including phenoxy) is 1. The number of nitrogens with zero attached hydrogens (tertiary/aromatic N) is 2. The van der Waals surface area contributed by atoms with Crippen LogP contribution in [0, 0.1) is 6.92 Å². The first-order valence-corrected chi connectivity index (χ1v) is 9.50. The van der Waals surface area contributed by atoms with Gasteiger partial charge in [0.15, 0.2) is 6.61 Å². The number of thioether (sulfide) groups is 1. The van der Waals surface area contributed by atoms with Gasteiger partial charge < -0.3 is 14.5 Å². The maximum atomic E-state index is 12.3. The fourth-order valence-corrected chi connectivity index (χ4v) is 3.10. The fraction of sp³-hybridized carbons (Fsp3) is 0.211. The van der Waals surface area contributed by atoms with E-state index in [1.54, 1.807) is 31.2 Å². The molecule has 0 aliphatic heterocycles. The summed E-state index contributed by atoms with van der Waals surface area (Å²) in [6.07, 6.45) is 0. The molecule has 3 rings (SSSR count). The zero-order chi connectivity index (χ0) is 19.2. The Kier molecular flexibility index (Phi) is 6.36. The minimum Gasteiger partial charge on any atom is -0.484 e. The van der Waals surface area contributed by atoms with Gasteiger partial charge in [0.25, 0.3) is 11.1 Å². The molecule has 1 aromatic heterocycles. The van der Waals surface area contributed by atoms with Crippen LogP contribution in [0.3, 0.4) is 0 Å². The molecule has 0 unspecified atom stereocenters. The number of hydrogen-bond acceptors (Lipinski definition) is 6. The molecule has 0 aliphatic carbocycles. The van der Waals surface area contributed by atoms with Gasteiger partial charge in [0.1, 0.15) is 5.75 Å². The maximum Gasteiger partial charge on any atom is 0.277 e. The van der Waals surface area contributed by atoms with E-state index in [0.29, 0.717) is 21.8 Å². The number of carbonyl (C=O) groups is 1. The van der Waals surface area contributed by atoms with Crippen LogP contribution in [-0.4, -0.2) is 21.4 Å². The lowest BCUT2D eigenvalue weighted by Gasteiger charge is -2.10. The van der Waals surface area contributed by atoms with Crippen LogP contribution >= 0.6 is 23.4 Å². The standard InChI is InChI=1S/C19H18ClN3O3S/c1-12-5-3-8-16(9-12)25-11-17-22-23-19(26-17)27-13(2)18(24)21-15-7-4-6-14(20)10-15/h3-10,13H,11H2,1-2H3,(H,21,24)/t13-/m1/s1. The van der Waals surface area contributed by atoms with Crippen LogP contribution in [0.15, 0.2) is 58.2 Å². The van der Waals surface area contributed by atoms with E-state index in [1.165, 1.54) is 11.8 Å². The molecule has 0 bridgehead atoms. The van der Waals surface area contributed by atoms with Gasteiger partial charge in [-0.3, -0.25) is 4.79 Å². The lowest BCUT2D eigenvalue weighted by atomic mass is 10.2. The van der Waals surface area contributed by atoms with Crippen molar-refractivity contribution in [3.05, 3.63) is 65.0 Å². The molecule has 8 heteroatoms. The summed E-state index contributed by atoms with van der Waals surface area (Å²) in [5.74, 6) is 0.899. The number of carbonyl (C=O) groups excluding carboxylic acids is 1. The van der Waals surface area contributed by atoms with Gasteiger partial charge in [-0.25, -0.2) is 0 Å². The highest BCUT2D eigenvalue weighted by molar-refractivity contribution is 8.00. The Hall–Kier alpha value is -2.51. The molecule has 1 N–H and O–H groups in total. The van der Waals surface area contributed by atoms with Gasteiger partial charge in [-0.1, -0.05) is 41.6 Å². The lowest BCUT2D eigenvalue weighted by molar-refractivity contribution is -0.115. The van der Waals surface area contributed by atoms with Crippen molar-refractivity contribution in [2.45, 2.75) is 30.9 Å². The number of anilines is 1.